The second-order valence-electron chi connectivity index (χ2n) is 5.50. The van der Waals surface area contributed by atoms with E-state index in [4.69, 9.17) is 14.7 Å². The van der Waals surface area contributed by atoms with E-state index in [1.165, 1.54) is 6.20 Å². The van der Waals surface area contributed by atoms with Crippen molar-refractivity contribution in [3.8, 4) is 6.07 Å². The van der Waals surface area contributed by atoms with E-state index in [-0.39, 0.29) is 24.9 Å². The fraction of sp³-hybridized carbons (Fsp3) is 0.316. The van der Waals surface area contributed by atoms with Crippen LogP contribution in [0.25, 0.3) is 0 Å². The smallest absolute Gasteiger partial charge is 0.410 e. The van der Waals surface area contributed by atoms with Crippen molar-refractivity contribution in [1.29, 1.82) is 5.26 Å². The van der Waals surface area contributed by atoms with Crippen molar-refractivity contribution in [1.82, 2.24) is 10.2 Å². The first kappa shape index (κ1) is 19.1. The van der Waals surface area contributed by atoms with E-state index in [1.807, 2.05) is 36.4 Å². The minimum Gasteiger partial charge on any atom is -0.462 e. The quantitative estimate of drug-likeness (QED) is 0.479. The molecule has 7 heteroatoms. The molecule has 1 aliphatic rings. The number of hydrogen-bond acceptors (Lipinski definition) is 6. The maximum Gasteiger partial charge on any atom is 0.410 e. The first-order valence-electron chi connectivity index (χ1n) is 8.32. The average Bonchev–Trinajstić information content (AvgIpc) is 2.68. The molecule has 0 radical (unpaired) electrons. The van der Waals surface area contributed by atoms with Gasteiger partial charge in [-0.3, -0.25) is 0 Å². The summed E-state index contributed by atoms with van der Waals surface area (Å²) in [6.07, 6.45) is 3.35. The van der Waals surface area contributed by atoms with Crippen LogP contribution in [0.2, 0.25) is 0 Å². The molecule has 2 rings (SSSR count). The summed E-state index contributed by atoms with van der Waals surface area (Å²) in [5, 5.41) is 11.9. The van der Waals surface area contributed by atoms with Crippen LogP contribution in [0.3, 0.4) is 0 Å². The Morgan fingerprint density at radius 3 is 2.69 bits per heavy atom. The van der Waals surface area contributed by atoms with Crippen LogP contribution in [-0.2, 0) is 20.9 Å². The van der Waals surface area contributed by atoms with Crippen LogP contribution in [0.1, 0.15) is 18.9 Å². The van der Waals surface area contributed by atoms with Crippen molar-refractivity contribution >= 4 is 12.1 Å². The lowest BCUT2D eigenvalue weighted by Gasteiger charge is -2.25. The Morgan fingerprint density at radius 1 is 1.31 bits per heavy atom. The lowest BCUT2D eigenvalue weighted by molar-refractivity contribution is -0.138. The van der Waals surface area contributed by atoms with Gasteiger partial charge in [0.2, 0.25) is 0 Å². The molecule has 0 atom stereocenters. The molecule has 26 heavy (non-hydrogen) atoms. The largest absolute Gasteiger partial charge is 0.462 e. The molecule has 0 saturated heterocycles. The van der Waals surface area contributed by atoms with Crippen molar-refractivity contribution in [2.24, 2.45) is 0 Å². The van der Waals surface area contributed by atoms with Gasteiger partial charge in [-0.2, -0.15) is 5.26 Å². The molecular weight excluding hydrogens is 334 g/mol. The summed E-state index contributed by atoms with van der Waals surface area (Å²) in [4.78, 5) is 25.2. The van der Waals surface area contributed by atoms with E-state index in [0.717, 1.165) is 11.3 Å². The van der Waals surface area contributed by atoms with Gasteiger partial charge in [-0.15, -0.1) is 0 Å². The number of benzene rings is 1. The zero-order valence-corrected chi connectivity index (χ0v) is 14.6. The van der Waals surface area contributed by atoms with Crippen LogP contribution >= 0.6 is 0 Å². The van der Waals surface area contributed by atoms with E-state index in [0.29, 0.717) is 19.5 Å². The molecule has 0 spiro atoms. The first-order chi connectivity index (χ1) is 12.6. The number of esters is 1. The molecule has 1 aliphatic heterocycles. The lowest BCUT2D eigenvalue weighted by Crippen LogP contribution is -2.36. The van der Waals surface area contributed by atoms with E-state index < -0.39 is 5.97 Å². The zero-order valence-electron chi connectivity index (χ0n) is 14.6. The number of ether oxygens (including phenoxy) is 2. The second kappa shape index (κ2) is 9.89. The summed E-state index contributed by atoms with van der Waals surface area (Å²) in [7, 11) is 0. The fourth-order valence-corrected chi connectivity index (χ4v) is 2.29. The number of carbonyl (C=O) groups excluding carboxylic acids is 2. The summed E-state index contributed by atoms with van der Waals surface area (Å²) in [6, 6.07) is 11.3. The minimum atomic E-state index is -0.662. The van der Waals surface area contributed by atoms with E-state index in [9.17, 15) is 9.59 Å². The molecule has 0 unspecified atom stereocenters. The SMILES string of the molecule is CCOC(=O)/C(C#N)=C/NC1=CCN(C(=O)OCc2ccccc2)CC1. The van der Waals surface area contributed by atoms with Gasteiger partial charge in [-0.1, -0.05) is 30.3 Å². The fourth-order valence-electron chi connectivity index (χ4n) is 2.29. The number of nitriles is 1. The third-order valence-electron chi connectivity index (χ3n) is 3.69. The van der Waals surface area contributed by atoms with Crippen LogP contribution in [0.15, 0.2) is 53.9 Å². The van der Waals surface area contributed by atoms with Crippen LogP contribution < -0.4 is 5.32 Å². The number of rotatable bonds is 6. The predicted molar refractivity (Wildman–Crippen MR) is 94.4 cm³/mol. The minimum absolute atomic E-state index is 0.0996. The number of hydrogen-bond donors (Lipinski definition) is 1. The maximum absolute atomic E-state index is 12.1. The number of amides is 1. The van der Waals surface area contributed by atoms with Crippen molar-refractivity contribution in [2.75, 3.05) is 19.7 Å². The third-order valence-corrected chi connectivity index (χ3v) is 3.69. The summed E-state index contributed by atoms with van der Waals surface area (Å²) < 4.78 is 10.1. The zero-order chi connectivity index (χ0) is 18.8. The van der Waals surface area contributed by atoms with Gasteiger partial charge in [-0.05, 0) is 18.6 Å². The van der Waals surface area contributed by atoms with Crippen LogP contribution in [-0.4, -0.2) is 36.7 Å². The Hall–Kier alpha value is -3.27. The topological polar surface area (TPSA) is 91.7 Å². The lowest BCUT2D eigenvalue weighted by atomic mass is 10.2. The van der Waals surface area contributed by atoms with Gasteiger partial charge in [0.05, 0.1) is 6.61 Å². The van der Waals surface area contributed by atoms with Gasteiger partial charge < -0.3 is 19.7 Å². The molecule has 1 N–H and O–H groups in total. The summed E-state index contributed by atoms with van der Waals surface area (Å²) in [5.74, 6) is -0.662. The number of carbonyl (C=O) groups is 2. The third kappa shape index (κ3) is 5.67. The highest BCUT2D eigenvalue weighted by Gasteiger charge is 2.18. The average molecular weight is 355 g/mol. The molecule has 7 nitrogen and oxygen atoms in total. The standard InChI is InChI=1S/C19H21N3O4/c1-2-25-18(23)16(12-20)13-21-17-8-10-22(11-9-17)19(24)26-14-15-6-4-3-5-7-15/h3-8,13,21H,2,9-11,14H2,1H3/b16-13+. The van der Waals surface area contributed by atoms with Gasteiger partial charge in [0.15, 0.2) is 5.57 Å². The summed E-state index contributed by atoms with van der Waals surface area (Å²) >= 11 is 0. The van der Waals surface area contributed by atoms with E-state index in [1.54, 1.807) is 17.9 Å². The Balaban J connectivity index is 1.82. The van der Waals surface area contributed by atoms with Crippen molar-refractivity contribution < 1.29 is 19.1 Å². The maximum atomic E-state index is 12.1. The molecule has 0 saturated carbocycles. The van der Waals surface area contributed by atoms with E-state index in [2.05, 4.69) is 5.32 Å². The van der Waals surface area contributed by atoms with Gasteiger partial charge in [0.25, 0.3) is 0 Å². The molecule has 1 aromatic rings. The van der Waals surface area contributed by atoms with Crippen molar-refractivity contribution in [3.63, 3.8) is 0 Å². The molecular formula is C19H21N3O4. The normalized spacial score (nSPS) is 14.1. The molecule has 0 aliphatic carbocycles. The van der Waals surface area contributed by atoms with Gasteiger partial charge in [-0.25, -0.2) is 9.59 Å². The van der Waals surface area contributed by atoms with Gasteiger partial charge in [0, 0.05) is 31.4 Å². The Kier molecular flexibility index (Phi) is 7.25. The molecule has 1 aromatic carbocycles. The van der Waals surface area contributed by atoms with Gasteiger partial charge in [0.1, 0.15) is 12.7 Å². The highest BCUT2D eigenvalue weighted by atomic mass is 16.6. The second-order valence-corrected chi connectivity index (χ2v) is 5.50. The molecule has 0 aromatic heterocycles. The number of nitrogens with zero attached hydrogens (tertiary/aromatic N) is 2. The van der Waals surface area contributed by atoms with Crippen LogP contribution in [0.5, 0.6) is 0 Å². The first-order valence-corrected chi connectivity index (χ1v) is 8.32. The summed E-state index contributed by atoms with van der Waals surface area (Å²) in [5.41, 5.74) is 1.66. The van der Waals surface area contributed by atoms with Crippen molar-refractivity contribution in [2.45, 2.75) is 20.0 Å². The highest BCUT2D eigenvalue weighted by Crippen LogP contribution is 2.11. The van der Waals surface area contributed by atoms with Crippen molar-refractivity contribution in [3.05, 3.63) is 59.4 Å². The molecule has 0 fully saturated rings. The Labute approximate surface area is 152 Å². The van der Waals surface area contributed by atoms with Crippen LogP contribution in [0, 0.1) is 11.3 Å². The summed E-state index contributed by atoms with van der Waals surface area (Å²) in [6.45, 7) is 3.00. The predicted octanol–water partition coefficient (Wildman–Crippen LogP) is 2.47. The monoisotopic (exact) mass is 355 g/mol. The number of nitrogens with one attached hydrogen (secondary N) is 1. The molecule has 0 bridgehead atoms. The highest BCUT2D eigenvalue weighted by molar-refractivity contribution is 5.92. The van der Waals surface area contributed by atoms with E-state index >= 15 is 0 Å². The Morgan fingerprint density at radius 2 is 2.08 bits per heavy atom. The molecule has 1 heterocycles. The van der Waals surface area contributed by atoms with Crippen LogP contribution in [0.4, 0.5) is 4.79 Å². The molecule has 136 valence electrons. The Bertz CT molecular complexity index is 735. The molecule has 1 amide bonds. The van der Waals surface area contributed by atoms with Gasteiger partial charge >= 0.3 is 12.1 Å².